The van der Waals surface area contributed by atoms with E-state index in [1.807, 2.05) is 42.2 Å². The zero-order valence-electron chi connectivity index (χ0n) is 17.5. The number of sulfonamides is 1. The molecular formula is C23H29N3O3S. The number of likely N-dealkylation sites (tertiary alicyclic amines) is 1. The van der Waals surface area contributed by atoms with Crippen LogP contribution in [0.25, 0.3) is 0 Å². The van der Waals surface area contributed by atoms with Gasteiger partial charge in [-0.1, -0.05) is 24.3 Å². The number of rotatable bonds is 4. The lowest BCUT2D eigenvalue weighted by atomic mass is 10.1. The first kappa shape index (κ1) is 20.9. The Bertz CT molecular complexity index is 994. The average Bonchev–Trinajstić information content (AvgIpc) is 2.80. The lowest BCUT2D eigenvalue weighted by Gasteiger charge is -2.35. The summed E-state index contributed by atoms with van der Waals surface area (Å²) in [5, 5.41) is 0. The van der Waals surface area contributed by atoms with Crippen LogP contribution in [0.3, 0.4) is 0 Å². The molecule has 0 saturated carbocycles. The fraction of sp³-hybridized carbons (Fsp3) is 0.435. The summed E-state index contributed by atoms with van der Waals surface area (Å²) in [4.78, 5) is 17.2. The third-order valence-corrected chi connectivity index (χ3v) is 7.98. The van der Waals surface area contributed by atoms with Crippen molar-refractivity contribution in [2.75, 3.05) is 44.2 Å². The Labute approximate surface area is 179 Å². The molecule has 7 heteroatoms. The number of carbonyl (C=O) groups is 1. The topological polar surface area (TPSA) is 60.9 Å². The number of piperazine rings is 1. The Hall–Kier alpha value is -2.38. The van der Waals surface area contributed by atoms with Crippen LogP contribution in [0.15, 0.2) is 53.4 Å². The van der Waals surface area contributed by atoms with E-state index in [9.17, 15) is 13.2 Å². The predicted molar refractivity (Wildman–Crippen MR) is 118 cm³/mol. The zero-order valence-corrected chi connectivity index (χ0v) is 18.3. The Balaban J connectivity index is 1.51. The van der Waals surface area contributed by atoms with Crippen LogP contribution in [-0.2, 0) is 10.0 Å². The maximum absolute atomic E-state index is 13.3. The quantitative estimate of drug-likeness (QED) is 0.752. The minimum Gasteiger partial charge on any atom is -0.369 e. The number of hydrogen-bond donors (Lipinski definition) is 0. The van der Waals surface area contributed by atoms with Crippen molar-refractivity contribution in [1.29, 1.82) is 0 Å². The van der Waals surface area contributed by atoms with Crippen LogP contribution >= 0.6 is 0 Å². The Morgan fingerprint density at radius 2 is 1.50 bits per heavy atom. The minimum atomic E-state index is -3.64. The molecule has 2 heterocycles. The smallest absolute Gasteiger partial charge is 0.254 e. The van der Waals surface area contributed by atoms with Gasteiger partial charge in [0.1, 0.15) is 0 Å². The first-order valence-electron chi connectivity index (χ1n) is 10.7. The van der Waals surface area contributed by atoms with Crippen molar-refractivity contribution < 1.29 is 13.2 Å². The van der Waals surface area contributed by atoms with Gasteiger partial charge in [0.15, 0.2) is 0 Å². The van der Waals surface area contributed by atoms with Crippen molar-refractivity contribution in [3.05, 3.63) is 59.7 Å². The van der Waals surface area contributed by atoms with Crippen LogP contribution < -0.4 is 4.90 Å². The van der Waals surface area contributed by atoms with Crippen LogP contribution in [0.2, 0.25) is 0 Å². The molecule has 0 atom stereocenters. The number of aryl methyl sites for hydroxylation is 1. The van der Waals surface area contributed by atoms with Crippen molar-refractivity contribution in [2.24, 2.45) is 0 Å². The van der Waals surface area contributed by atoms with Crippen LogP contribution in [0.5, 0.6) is 0 Å². The van der Waals surface area contributed by atoms with Gasteiger partial charge in [-0.2, -0.15) is 4.31 Å². The van der Waals surface area contributed by atoms with E-state index in [2.05, 4.69) is 4.90 Å². The number of benzene rings is 2. The Kier molecular flexibility index (Phi) is 6.11. The van der Waals surface area contributed by atoms with Crippen LogP contribution in [0.4, 0.5) is 5.69 Å². The number of nitrogens with zero attached hydrogens (tertiary/aromatic N) is 3. The number of amides is 1. The maximum Gasteiger partial charge on any atom is 0.254 e. The second-order valence-corrected chi connectivity index (χ2v) is 9.99. The van der Waals surface area contributed by atoms with Crippen LogP contribution in [0.1, 0.15) is 35.2 Å². The van der Waals surface area contributed by atoms with E-state index >= 15 is 0 Å². The number of para-hydroxylation sites is 1. The molecule has 0 bridgehead atoms. The average molecular weight is 428 g/mol. The highest BCUT2D eigenvalue weighted by Gasteiger charge is 2.30. The summed E-state index contributed by atoms with van der Waals surface area (Å²) in [7, 11) is -3.64. The third-order valence-electron chi connectivity index (χ3n) is 6.08. The second kappa shape index (κ2) is 8.78. The molecule has 0 unspecified atom stereocenters. The molecule has 0 aromatic heterocycles. The molecule has 4 rings (SSSR count). The van der Waals surface area contributed by atoms with E-state index in [0.29, 0.717) is 31.7 Å². The molecule has 2 fully saturated rings. The molecule has 2 aromatic rings. The lowest BCUT2D eigenvalue weighted by molar-refractivity contribution is 0.0723. The molecule has 2 aromatic carbocycles. The van der Waals surface area contributed by atoms with Gasteiger partial charge in [-0.25, -0.2) is 8.42 Å². The summed E-state index contributed by atoms with van der Waals surface area (Å²) < 4.78 is 28.1. The number of carbonyl (C=O) groups excluding carboxylic acids is 1. The zero-order chi connectivity index (χ0) is 21.1. The molecule has 2 aliphatic rings. The number of hydrogen-bond acceptors (Lipinski definition) is 4. The van der Waals surface area contributed by atoms with E-state index < -0.39 is 10.0 Å². The van der Waals surface area contributed by atoms with Crippen molar-refractivity contribution in [1.82, 2.24) is 9.21 Å². The van der Waals surface area contributed by atoms with Gasteiger partial charge in [-0.05, 0) is 56.0 Å². The molecule has 30 heavy (non-hydrogen) atoms. The van der Waals surface area contributed by atoms with E-state index in [4.69, 9.17) is 0 Å². The summed E-state index contributed by atoms with van der Waals surface area (Å²) >= 11 is 0. The first-order chi connectivity index (χ1) is 14.5. The SMILES string of the molecule is Cc1ccc(S(=O)(=O)N2CCN(c3ccccc3)CC2)cc1C(=O)N1CCCCC1. The highest BCUT2D eigenvalue weighted by molar-refractivity contribution is 7.89. The number of anilines is 1. The molecular weight excluding hydrogens is 398 g/mol. The minimum absolute atomic E-state index is 0.0573. The molecule has 0 radical (unpaired) electrons. The normalized spacial score (nSPS) is 18.4. The summed E-state index contributed by atoms with van der Waals surface area (Å²) in [6.45, 7) is 5.52. The van der Waals surface area contributed by atoms with E-state index in [1.165, 1.54) is 4.31 Å². The van der Waals surface area contributed by atoms with Gasteiger partial charge < -0.3 is 9.80 Å². The lowest BCUT2D eigenvalue weighted by Crippen LogP contribution is -2.48. The van der Waals surface area contributed by atoms with E-state index in [0.717, 1.165) is 43.6 Å². The van der Waals surface area contributed by atoms with Gasteiger partial charge in [0.2, 0.25) is 10.0 Å². The largest absolute Gasteiger partial charge is 0.369 e. The number of piperidine rings is 1. The van der Waals surface area contributed by atoms with Gasteiger partial charge in [0, 0.05) is 50.5 Å². The summed E-state index contributed by atoms with van der Waals surface area (Å²) in [5.41, 5.74) is 2.43. The van der Waals surface area contributed by atoms with E-state index in [1.54, 1.807) is 18.2 Å². The monoisotopic (exact) mass is 427 g/mol. The highest BCUT2D eigenvalue weighted by Crippen LogP contribution is 2.24. The molecule has 6 nitrogen and oxygen atoms in total. The van der Waals surface area contributed by atoms with Gasteiger partial charge in [0.25, 0.3) is 5.91 Å². The molecule has 0 spiro atoms. The summed E-state index contributed by atoms with van der Waals surface area (Å²) in [6, 6.07) is 15.0. The molecule has 2 saturated heterocycles. The summed E-state index contributed by atoms with van der Waals surface area (Å²) in [5.74, 6) is -0.0573. The Morgan fingerprint density at radius 3 is 2.17 bits per heavy atom. The van der Waals surface area contributed by atoms with Crippen molar-refractivity contribution in [3.63, 3.8) is 0 Å². The van der Waals surface area contributed by atoms with Crippen LogP contribution in [-0.4, -0.2) is 62.8 Å². The molecule has 0 aliphatic carbocycles. The molecule has 1 amide bonds. The fourth-order valence-corrected chi connectivity index (χ4v) is 5.68. The van der Waals surface area contributed by atoms with Crippen molar-refractivity contribution >= 4 is 21.6 Å². The summed E-state index contributed by atoms with van der Waals surface area (Å²) in [6.07, 6.45) is 3.16. The van der Waals surface area contributed by atoms with Gasteiger partial charge in [-0.15, -0.1) is 0 Å². The van der Waals surface area contributed by atoms with Gasteiger partial charge in [0.05, 0.1) is 4.90 Å². The van der Waals surface area contributed by atoms with Gasteiger partial charge in [-0.3, -0.25) is 4.79 Å². The predicted octanol–water partition coefficient (Wildman–Crippen LogP) is 3.13. The standard InChI is InChI=1S/C23H29N3O3S/c1-19-10-11-21(18-22(19)23(27)25-12-6-3-7-13-25)30(28,29)26-16-14-24(15-17-26)20-8-4-2-5-9-20/h2,4-5,8-11,18H,3,6-7,12-17H2,1H3. The molecule has 2 aliphatic heterocycles. The molecule has 0 N–H and O–H groups in total. The molecule has 160 valence electrons. The maximum atomic E-state index is 13.3. The van der Waals surface area contributed by atoms with Crippen LogP contribution in [0, 0.1) is 6.92 Å². The van der Waals surface area contributed by atoms with Gasteiger partial charge >= 0.3 is 0 Å². The van der Waals surface area contributed by atoms with E-state index in [-0.39, 0.29) is 10.8 Å². The third kappa shape index (κ3) is 4.23. The Morgan fingerprint density at radius 1 is 0.833 bits per heavy atom. The fourth-order valence-electron chi connectivity index (χ4n) is 4.23. The highest BCUT2D eigenvalue weighted by atomic mass is 32.2. The first-order valence-corrected chi connectivity index (χ1v) is 12.1. The second-order valence-electron chi connectivity index (χ2n) is 8.06. The van der Waals surface area contributed by atoms with Crippen molar-refractivity contribution in [2.45, 2.75) is 31.1 Å². The van der Waals surface area contributed by atoms with Crippen molar-refractivity contribution in [3.8, 4) is 0 Å².